The van der Waals surface area contributed by atoms with E-state index >= 15 is 4.79 Å². The fourth-order valence-electron chi connectivity index (χ4n) is 9.24. The molecule has 3 fully saturated rings. The van der Waals surface area contributed by atoms with E-state index in [9.17, 15) is 29.4 Å². The number of hydrogen-bond donors (Lipinski definition) is 2. The highest BCUT2D eigenvalue weighted by Crippen LogP contribution is 2.64. The number of likely N-dealkylation sites (tertiary alicyclic amines) is 1. The Hall–Kier alpha value is -4.72. The Kier molecular flexibility index (Phi) is 8.28. The molecule has 0 bridgehead atoms. The number of fused-ring (bicyclic) bond motifs is 5. The number of thiophene rings is 1. The number of carboxylic acid groups (broad SMARTS) is 1. The monoisotopic (exact) mass is 776 g/mol. The lowest BCUT2D eigenvalue weighted by Gasteiger charge is -2.49. The molecule has 2 saturated heterocycles. The first-order valence-electron chi connectivity index (χ1n) is 17.1. The number of halogens is 2. The van der Waals surface area contributed by atoms with Gasteiger partial charge in [0.25, 0.3) is 0 Å². The molecule has 0 radical (unpaired) electrons. The molecule has 4 aliphatic rings. The van der Waals surface area contributed by atoms with Gasteiger partial charge in [0, 0.05) is 35.3 Å². The minimum atomic E-state index is -1.39. The smallest absolute Gasteiger partial charge is 0.305 e. The SMILES string of the molecule is COc1cc([C@H]2C3=CC[C@@H]4C(=O)N(CCC(=O)O)C(=O)[C@@H]4[C@@H]3C[C@H]3C(=O)N(c4cc(-c5sc6ccc(Cl)cc6c5C)nn4C)C(=O)[C@@]23C)cc(Cl)c1O. The molecule has 2 aliphatic carbocycles. The summed E-state index contributed by atoms with van der Waals surface area (Å²) in [5.74, 6) is -6.84. The van der Waals surface area contributed by atoms with Crippen LogP contribution >= 0.6 is 34.5 Å². The molecule has 0 unspecified atom stereocenters. The van der Waals surface area contributed by atoms with E-state index in [2.05, 4.69) is 0 Å². The number of benzene rings is 2. The summed E-state index contributed by atoms with van der Waals surface area (Å²) in [5.41, 5.74) is 1.37. The topological polar surface area (TPSA) is 159 Å². The Labute approximate surface area is 317 Å². The van der Waals surface area contributed by atoms with Crippen molar-refractivity contribution in [2.45, 2.75) is 39.0 Å². The number of aliphatic carboxylic acids is 1. The number of nitrogens with zero attached hydrogens (tertiary/aromatic N) is 4. The van der Waals surface area contributed by atoms with E-state index in [1.54, 1.807) is 32.2 Å². The summed E-state index contributed by atoms with van der Waals surface area (Å²) in [6, 6.07) is 10.5. The maximum atomic E-state index is 15.1. The number of aryl methyl sites for hydroxylation is 2. The number of rotatable bonds is 7. The average molecular weight is 778 g/mol. The van der Waals surface area contributed by atoms with Crippen LogP contribution in [-0.4, -0.2) is 68.1 Å². The number of hydrogen-bond acceptors (Lipinski definition) is 9. The average Bonchev–Trinajstić information content (AvgIpc) is 3.78. The number of aromatic hydroxyl groups is 1. The Morgan fingerprint density at radius 1 is 1.08 bits per heavy atom. The fraction of sp³-hybridized carbons (Fsp3) is 0.368. The van der Waals surface area contributed by atoms with Gasteiger partial charge < -0.3 is 14.9 Å². The molecule has 15 heteroatoms. The quantitative estimate of drug-likeness (QED) is 0.161. The number of phenolic OH excluding ortho intramolecular Hbond substituents is 1. The van der Waals surface area contributed by atoms with Crippen molar-refractivity contribution in [2.75, 3.05) is 18.6 Å². The number of ether oxygens (including phenoxy) is 1. The first kappa shape index (κ1) is 35.3. The van der Waals surface area contributed by atoms with E-state index in [4.69, 9.17) is 33.0 Å². The minimum absolute atomic E-state index is 0.0206. The standard InChI is InChI=1S/C38H34Cl2N4O8S/c1-16-21-13-18(39)5-8-27(21)53-33(16)25-15-28(42(3)41-25)44-35(49)23-14-22-19(6-7-20-30(22)36(50)43(34(20)48)10-9-29(45)46)31(38(23,2)37(44)51)17-11-24(40)32(47)26(12-17)52-4/h5-6,8,11-13,15,20,22-23,30-31,47H,7,9-10,14H2,1-4H3,(H,45,46)/t20-,22+,23-,30-,31-,38+/m0/s1. The highest BCUT2D eigenvalue weighted by molar-refractivity contribution is 7.22. The summed E-state index contributed by atoms with van der Waals surface area (Å²) in [6.45, 7) is 3.47. The summed E-state index contributed by atoms with van der Waals surface area (Å²) >= 11 is 14.4. The van der Waals surface area contributed by atoms with Gasteiger partial charge in [-0.1, -0.05) is 34.9 Å². The van der Waals surface area contributed by atoms with Gasteiger partial charge in [0.15, 0.2) is 11.5 Å². The molecule has 2 aromatic carbocycles. The Morgan fingerprint density at radius 2 is 1.83 bits per heavy atom. The van der Waals surface area contributed by atoms with Crippen molar-refractivity contribution in [3.8, 4) is 22.1 Å². The van der Waals surface area contributed by atoms with Gasteiger partial charge in [-0.2, -0.15) is 5.10 Å². The van der Waals surface area contributed by atoms with Crippen LogP contribution in [0.15, 0.2) is 48.0 Å². The maximum Gasteiger partial charge on any atom is 0.305 e. The zero-order chi connectivity index (χ0) is 37.8. The molecule has 274 valence electrons. The Morgan fingerprint density at radius 3 is 2.55 bits per heavy atom. The molecule has 8 rings (SSSR count). The number of allylic oxidation sites excluding steroid dienone is 2. The molecule has 2 N–H and O–H groups in total. The highest BCUT2D eigenvalue weighted by atomic mass is 35.5. The third-order valence-corrected chi connectivity index (χ3v) is 13.6. The molecule has 4 heterocycles. The van der Waals surface area contributed by atoms with E-state index in [1.807, 2.05) is 31.2 Å². The van der Waals surface area contributed by atoms with E-state index in [0.717, 1.165) is 25.4 Å². The lowest BCUT2D eigenvalue weighted by atomic mass is 9.51. The second-order valence-corrected chi connectivity index (χ2v) is 16.3. The van der Waals surface area contributed by atoms with Crippen molar-refractivity contribution in [1.29, 1.82) is 0 Å². The van der Waals surface area contributed by atoms with Gasteiger partial charge in [0.2, 0.25) is 23.6 Å². The van der Waals surface area contributed by atoms with Crippen molar-refractivity contribution in [3.05, 3.63) is 69.2 Å². The molecule has 53 heavy (non-hydrogen) atoms. The van der Waals surface area contributed by atoms with Crippen LogP contribution in [0.4, 0.5) is 5.82 Å². The van der Waals surface area contributed by atoms with Gasteiger partial charge in [-0.25, -0.2) is 4.90 Å². The van der Waals surface area contributed by atoms with Gasteiger partial charge >= 0.3 is 5.97 Å². The van der Waals surface area contributed by atoms with Gasteiger partial charge in [-0.05, 0) is 79.5 Å². The molecule has 4 amide bonds. The van der Waals surface area contributed by atoms with Crippen LogP contribution in [0.25, 0.3) is 20.7 Å². The van der Waals surface area contributed by atoms with Crippen molar-refractivity contribution in [3.63, 3.8) is 0 Å². The number of imide groups is 2. The number of carbonyl (C=O) groups is 5. The number of phenols is 1. The molecular formula is C38H34Cl2N4O8S. The van der Waals surface area contributed by atoms with Crippen LogP contribution in [0, 0.1) is 36.0 Å². The van der Waals surface area contributed by atoms with Crippen LogP contribution in [-0.2, 0) is 31.0 Å². The molecular weight excluding hydrogens is 743 g/mol. The van der Waals surface area contributed by atoms with E-state index < -0.39 is 64.6 Å². The largest absolute Gasteiger partial charge is 0.503 e. The Bertz CT molecular complexity index is 2350. The summed E-state index contributed by atoms with van der Waals surface area (Å²) < 4.78 is 7.98. The molecule has 4 aromatic rings. The van der Waals surface area contributed by atoms with Gasteiger partial charge in [0.1, 0.15) is 11.5 Å². The molecule has 12 nitrogen and oxygen atoms in total. The van der Waals surface area contributed by atoms with Crippen LogP contribution in [0.5, 0.6) is 11.5 Å². The first-order chi connectivity index (χ1) is 25.2. The molecule has 1 saturated carbocycles. The maximum absolute atomic E-state index is 15.1. The van der Waals surface area contributed by atoms with Crippen LogP contribution in [0.3, 0.4) is 0 Å². The lowest BCUT2D eigenvalue weighted by molar-refractivity contribution is -0.142. The number of carboxylic acids is 1. The predicted octanol–water partition coefficient (Wildman–Crippen LogP) is 6.34. The number of anilines is 1. The predicted molar refractivity (Wildman–Crippen MR) is 197 cm³/mol. The minimum Gasteiger partial charge on any atom is -0.503 e. The third kappa shape index (κ3) is 5.07. The summed E-state index contributed by atoms with van der Waals surface area (Å²) in [4.78, 5) is 71.8. The third-order valence-electron chi connectivity index (χ3n) is 11.7. The summed E-state index contributed by atoms with van der Waals surface area (Å²) in [7, 11) is 3.05. The van der Waals surface area contributed by atoms with Gasteiger partial charge in [0.05, 0.1) is 46.6 Å². The molecule has 6 atom stereocenters. The van der Waals surface area contributed by atoms with Gasteiger partial charge in [-0.3, -0.25) is 33.6 Å². The normalized spacial score (nSPS) is 26.6. The van der Waals surface area contributed by atoms with Crippen LogP contribution in [0.1, 0.15) is 43.2 Å². The first-order valence-corrected chi connectivity index (χ1v) is 18.7. The highest BCUT2D eigenvalue weighted by Gasteiger charge is 2.68. The zero-order valence-electron chi connectivity index (χ0n) is 29.1. The second-order valence-electron chi connectivity index (χ2n) is 14.4. The number of aromatic nitrogens is 2. The van der Waals surface area contributed by atoms with Crippen molar-refractivity contribution < 1.29 is 38.9 Å². The second kappa shape index (κ2) is 12.4. The van der Waals surface area contributed by atoms with Crippen molar-refractivity contribution in [1.82, 2.24) is 14.7 Å². The summed E-state index contributed by atoms with van der Waals surface area (Å²) in [5, 5.41) is 26.3. The van der Waals surface area contributed by atoms with Crippen LogP contribution < -0.4 is 9.64 Å². The van der Waals surface area contributed by atoms with Crippen molar-refractivity contribution in [2.24, 2.45) is 36.1 Å². The number of amides is 4. The van der Waals surface area contributed by atoms with Crippen molar-refractivity contribution >= 4 is 80.0 Å². The Balaban J connectivity index is 1.25. The van der Waals surface area contributed by atoms with E-state index in [0.29, 0.717) is 21.9 Å². The summed E-state index contributed by atoms with van der Waals surface area (Å²) in [6.07, 6.45) is 1.80. The molecule has 2 aromatic heterocycles. The van der Waals surface area contributed by atoms with Crippen LogP contribution in [0.2, 0.25) is 10.0 Å². The zero-order valence-corrected chi connectivity index (χ0v) is 31.4. The fourth-order valence-corrected chi connectivity index (χ4v) is 10.8. The number of carbonyl (C=O) groups excluding carboxylic acids is 4. The lowest BCUT2D eigenvalue weighted by Crippen LogP contribution is -2.49. The van der Waals surface area contributed by atoms with E-state index in [1.165, 1.54) is 28.0 Å². The molecule has 2 aliphatic heterocycles. The molecule has 0 spiro atoms. The van der Waals surface area contributed by atoms with E-state index in [-0.39, 0.29) is 48.1 Å². The van der Waals surface area contributed by atoms with Gasteiger partial charge in [-0.15, -0.1) is 11.3 Å². The number of methoxy groups -OCH3 is 1.